The zero-order valence-corrected chi connectivity index (χ0v) is 7.50. The van der Waals surface area contributed by atoms with Crippen molar-refractivity contribution in [1.29, 1.82) is 0 Å². The molecule has 0 atom stereocenters. The average molecular weight is 220 g/mol. The Morgan fingerprint density at radius 3 is 2.80 bits per heavy atom. The highest BCUT2D eigenvalue weighted by Gasteiger charge is 2.29. The van der Waals surface area contributed by atoms with Gasteiger partial charge in [-0.05, 0) is 12.1 Å². The molecule has 82 valence electrons. The van der Waals surface area contributed by atoms with Gasteiger partial charge in [0.05, 0.1) is 0 Å². The molecule has 0 amide bonds. The minimum atomic E-state index is -4.36. The van der Waals surface area contributed by atoms with Crippen LogP contribution in [0.4, 0.5) is 13.2 Å². The summed E-state index contributed by atoms with van der Waals surface area (Å²) >= 11 is 0. The van der Waals surface area contributed by atoms with Crippen LogP contribution in [0.15, 0.2) is 18.2 Å². The van der Waals surface area contributed by atoms with Gasteiger partial charge >= 0.3 is 6.18 Å². The summed E-state index contributed by atoms with van der Waals surface area (Å²) < 4.78 is 50.2. The Kier molecular flexibility index (Phi) is 2.34. The zero-order chi connectivity index (χ0) is 10.9. The van der Waals surface area contributed by atoms with E-state index in [0.717, 1.165) is 0 Å². The number of ether oxygens (including phenoxy) is 3. The molecule has 0 saturated carbocycles. The van der Waals surface area contributed by atoms with Gasteiger partial charge in [0.1, 0.15) is 0 Å². The predicted molar refractivity (Wildman–Crippen MR) is 44.1 cm³/mol. The fraction of sp³-hybridized carbons (Fsp3) is 0.333. The van der Waals surface area contributed by atoms with Gasteiger partial charge in [-0.1, -0.05) is 6.07 Å². The fourth-order valence-electron chi connectivity index (χ4n) is 1.18. The smallest absolute Gasteiger partial charge is 0.422 e. The number of halogens is 3. The van der Waals surface area contributed by atoms with Crippen molar-refractivity contribution in [3.05, 3.63) is 18.2 Å². The molecule has 0 radical (unpaired) electrons. The lowest BCUT2D eigenvalue weighted by molar-refractivity contribution is -0.153. The van der Waals surface area contributed by atoms with E-state index in [1.54, 1.807) is 12.1 Å². The third kappa shape index (κ3) is 2.26. The quantitative estimate of drug-likeness (QED) is 0.765. The molecule has 15 heavy (non-hydrogen) atoms. The van der Waals surface area contributed by atoms with E-state index in [2.05, 4.69) is 4.74 Å². The summed E-state index contributed by atoms with van der Waals surface area (Å²) in [5.74, 6) is 0.666. The third-order valence-electron chi connectivity index (χ3n) is 1.75. The normalized spacial score (nSPS) is 14.1. The van der Waals surface area contributed by atoms with Gasteiger partial charge in [0.2, 0.25) is 12.5 Å². The van der Waals surface area contributed by atoms with Crippen LogP contribution in [0.2, 0.25) is 0 Å². The first kappa shape index (κ1) is 9.95. The van der Waals surface area contributed by atoms with E-state index >= 15 is 0 Å². The third-order valence-corrected chi connectivity index (χ3v) is 1.75. The summed E-state index contributed by atoms with van der Waals surface area (Å²) in [5.41, 5.74) is 0. The largest absolute Gasteiger partial charge is 0.480 e. The second-order valence-electron chi connectivity index (χ2n) is 2.89. The molecule has 2 rings (SSSR count). The number of fused-ring (bicyclic) bond motifs is 1. The van der Waals surface area contributed by atoms with Crippen LogP contribution in [-0.2, 0) is 0 Å². The maximum absolute atomic E-state index is 11.9. The highest BCUT2D eigenvalue weighted by molar-refractivity contribution is 5.52. The van der Waals surface area contributed by atoms with E-state index in [-0.39, 0.29) is 18.3 Å². The van der Waals surface area contributed by atoms with E-state index in [9.17, 15) is 13.2 Å². The summed E-state index contributed by atoms with van der Waals surface area (Å²) in [5, 5.41) is 0. The number of rotatable bonds is 2. The lowest BCUT2D eigenvalue weighted by Gasteiger charge is -2.10. The highest BCUT2D eigenvalue weighted by Crippen LogP contribution is 2.40. The SMILES string of the molecule is FC(F)(F)COc1cccc2c1OCO2. The molecule has 6 heteroatoms. The Morgan fingerprint density at radius 1 is 1.27 bits per heavy atom. The van der Waals surface area contributed by atoms with Crippen molar-refractivity contribution >= 4 is 0 Å². The van der Waals surface area contributed by atoms with Crippen LogP contribution in [0.3, 0.4) is 0 Å². The Balaban J connectivity index is 2.12. The molecule has 1 aromatic carbocycles. The van der Waals surface area contributed by atoms with E-state index in [0.29, 0.717) is 5.75 Å². The molecule has 0 unspecified atom stereocenters. The molecule has 0 fully saturated rings. The summed E-state index contributed by atoms with van der Waals surface area (Å²) in [4.78, 5) is 0. The molecule has 3 nitrogen and oxygen atoms in total. The van der Waals surface area contributed by atoms with Gasteiger partial charge in [0, 0.05) is 0 Å². The maximum atomic E-state index is 11.9. The molecule has 1 heterocycles. The van der Waals surface area contributed by atoms with Crippen LogP contribution >= 0.6 is 0 Å². The maximum Gasteiger partial charge on any atom is 0.422 e. The van der Waals surface area contributed by atoms with Gasteiger partial charge in [0.25, 0.3) is 0 Å². The minimum absolute atomic E-state index is 0.00171. The Morgan fingerprint density at radius 2 is 2.07 bits per heavy atom. The van der Waals surface area contributed by atoms with Gasteiger partial charge in [-0.15, -0.1) is 0 Å². The number of para-hydroxylation sites is 1. The average Bonchev–Trinajstić information content (AvgIpc) is 2.61. The molecule has 0 N–H and O–H groups in total. The molecule has 0 bridgehead atoms. The summed E-state index contributed by atoms with van der Waals surface area (Å²) in [6.07, 6.45) is -4.36. The minimum Gasteiger partial charge on any atom is -0.480 e. The molecular formula is C9H7F3O3. The molecule has 0 saturated heterocycles. The fourth-order valence-corrected chi connectivity index (χ4v) is 1.18. The van der Waals surface area contributed by atoms with Gasteiger partial charge in [-0.25, -0.2) is 0 Å². The lowest BCUT2D eigenvalue weighted by Crippen LogP contribution is -2.19. The van der Waals surface area contributed by atoms with Crippen molar-refractivity contribution < 1.29 is 27.4 Å². The number of hydrogen-bond donors (Lipinski definition) is 0. The first-order valence-electron chi connectivity index (χ1n) is 4.14. The summed E-state index contributed by atoms with van der Waals surface area (Å²) in [6.45, 7) is -1.34. The predicted octanol–water partition coefficient (Wildman–Crippen LogP) is 2.36. The van der Waals surface area contributed by atoms with Crippen molar-refractivity contribution in [2.75, 3.05) is 13.4 Å². The van der Waals surface area contributed by atoms with Crippen LogP contribution in [0, 0.1) is 0 Å². The summed E-state index contributed by atoms with van der Waals surface area (Å²) in [6, 6.07) is 4.54. The van der Waals surface area contributed by atoms with E-state index in [1.807, 2.05) is 0 Å². The van der Waals surface area contributed by atoms with Gasteiger partial charge in [-0.2, -0.15) is 13.2 Å². The number of hydrogen-bond acceptors (Lipinski definition) is 3. The Labute approximate surface area is 83.4 Å². The van der Waals surface area contributed by atoms with Crippen molar-refractivity contribution in [3.63, 3.8) is 0 Å². The monoisotopic (exact) mass is 220 g/mol. The Hall–Kier alpha value is -1.59. The van der Waals surface area contributed by atoms with Gasteiger partial charge in [-0.3, -0.25) is 0 Å². The molecule has 0 aliphatic carbocycles. The van der Waals surface area contributed by atoms with E-state index in [1.165, 1.54) is 6.07 Å². The molecule has 1 aliphatic rings. The van der Waals surface area contributed by atoms with Crippen molar-refractivity contribution in [2.45, 2.75) is 6.18 Å². The van der Waals surface area contributed by atoms with Crippen LogP contribution in [0.5, 0.6) is 17.2 Å². The summed E-state index contributed by atoms with van der Waals surface area (Å²) in [7, 11) is 0. The van der Waals surface area contributed by atoms with Crippen molar-refractivity contribution in [2.24, 2.45) is 0 Å². The van der Waals surface area contributed by atoms with E-state index in [4.69, 9.17) is 9.47 Å². The number of benzene rings is 1. The molecule has 0 aromatic heterocycles. The Bertz CT molecular complexity index is 362. The second-order valence-corrected chi connectivity index (χ2v) is 2.89. The van der Waals surface area contributed by atoms with Crippen LogP contribution < -0.4 is 14.2 Å². The first-order valence-corrected chi connectivity index (χ1v) is 4.14. The van der Waals surface area contributed by atoms with E-state index < -0.39 is 12.8 Å². The van der Waals surface area contributed by atoms with Gasteiger partial charge < -0.3 is 14.2 Å². The highest BCUT2D eigenvalue weighted by atomic mass is 19.4. The molecular weight excluding hydrogens is 213 g/mol. The first-order chi connectivity index (χ1) is 7.06. The topological polar surface area (TPSA) is 27.7 Å². The number of alkyl halides is 3. The lowest BCUT2D eigenvalue weighted by atomic mass is 10.3. The molecule has 0 spiro atoms. The van der Waals surface area contributed by atoms with Gasteiger partial charge in [0.15, 0.2) is 18.1 Å². The van der Waals surface area contributed by atoms with Crippen molar-refractivity contribution in [3.8, 4) is 17.2 Å². The van der Waals surface area contributed by atoms with Crippen LogP contribution in [-0.4, -0.2) is 19.6 Å². The second kappa shape index (κ2) is 3.52. The zero-order valence-electron chi connectivity index (χ0n) is 7.50. The van der Waals surface area contributed by atoms with Crippen LogP contribution in [0.1, 0.15) is 0 Å². The molecule has 1 aliphatic heterocycles. The van der Waals surface area contributed by atoms with Crippen LogP contribution in [0.25, 0.3) is 0 Å². The van der Waals surface area contributed by atoms with Crippen molar-refractivity contribution in [1.82, 2.24) is 0 Å². The standard InChI is InChI=1S/C9H7F3O3/c10-9(11,12)4-13-6-2-1-3-7-8(6)15-5-14-7/h1-3H,4-5H2. The molecule has 1 aromatic rings.